The minimum absolute atomic E-state index is 0.0451. The summed E-state index contributed by atoms with van der Waals surface area (Å²) in [6.45, 7) is 1.89. The number of rotatable bonds is 5. The van der Waals surface area contributed by atoms with Crippen LogP contribution in [-0.2, 0) is 34.2 Å². The maximum absolute atomic E-state index is 13.4. The first-order valence-electron chi connectivity index (χ1n) is 10.4. The van der Waals surface area contributed by atoms with Crippen molar-refractivity contribution in [2.45, 2.75) is 50.4 Å². The van der Waals surface area contributed by atoms with Crippen LogP contribution in [0.2, 0.25) is 0 Å². The molecular formula is C24H28FNO2. The highest BCUT2D eigenvalue weighted by molar-refractivity contribution is 5.78. The molecule has 0 aromatic heterocycles. The lowest BCUT2D eigenvalue weighted by Crippen LogP contribution is -2.45. The first-order chi connectivity index (χ1) is 13.6. The van der Waals surface area contributed by atoms with Crippen LogP contribution in [0.1, 0.15) is 47.9 Å². The van der Waals surface area contributed by atoms with Gasteiger partial charge in [-0.1, -0.05) is 30.3 Å². The molecule has 0 saturated carbocycles. The molecule has 1 amide bonds. The molecule has 0 radical (unpaired) electrons. The quantitative estimate of drug-likeness (QED) is 0.846. The zero-order chi connectivity index (χ0) is 19.4. The summed E-state index contributed by atoms with van der Waals surface area (Å²) < 4.78 is 18.9. The Morgan fingerprint density at radius 3 is 2.46 bits per heavy atom. The zero-order valence-corrected chi connectivity index (χ0v) is 16.3. The fourth-order valence-corrected chi connectivity index (χ4v) is 4.55. The molecule has 3 nitrogen and oxygen atoms in total. The lowest BCUT2D eigenvalue weighted by atomic mass is 9.74. The van der Waals surface area contributed by atoms with Crippen LogP contribution in [0.3, 0.4) is 0 Å². The van der Waals surface area contributed by atoms with Gasteiger partial charge in [-0.25, -0.2) is 4.39 Å². The smallest absolute Gasteiger partial charge is 0.224 e. The summed E-state index contributed by atoms with van der Waals surface area (Å²) >= 11 is 0. The molecule has 2 aliphatic rings. The average Bonchev–Trinajstić information content (AvgIpc) is 2.73. The molecule has 28 heavy (non-hydrogen) atoms. The number of hydrogen-bond donors (Lipinski definition) is 1. The number of carbonyl (C=O) groups excluding carboxylic acids is 1. The second kappa shape index (κ2) is 8.44. The number of fused-ring (bicyclic) bond motifs is 1. The van der Waals surface area contributed by atoms with E-state index in [1.165, 1.54) is 36.1 Å². The second-order valence-corrected chi connectivity index (χ2v) is 8.16. The van der Waals surface area contributed by atoms with Gasteiger partial charge in [0.15, 0.2) is 0 Å². The molecule has 148 valence electrons. The lowest BCUT2D eigenvalue weighted by molar-refractivity contribution is -0.120. The van der Waals surface area contributed by atoms with Crippen LogP contribution in [0.5, 0.6) is 0 Å². The normalized spacial score (nSPS) is 18.3. The van der Waals surface area contributed by atoms with Crippen molar-refractivity contribution < 1.29 is 13.9 Å². The zero-order valence-electron chi connectivity index (χ0n) is 16.3. The van der Waals surface area contributed by atoms with Gasteiger partial charge in [0.1, 0.15) is 5.82 Å². The first-order valence-corrected chi connectivity index (χ1v) is 10.4. The molecule has 1 aliphatic carbocycles. The molecule has 2 aromatic carbocycles. The highest BCUT2D eigenvalue weighted by Crippen LogP contribution is 2.34. The number of halogens is 1. The molecule has 1 fully saturated rings. The Balaban J connectivity index is 1.42. The van der Waals surface area contributed by atoms with Crippen molar-refractivity contribution in [3.8, 4) is 0 Å². The van der Waals surface area contributed by atoms with E-state index in [9.17, 15) is 9.18 Å². The minimum atomic E-state index is -0.234. The molecule has 1 aliphatic heterocycles. The van der Waals surface area contributed by atoms with E-state index in [-0.39, 0.29) is 17.1 Å². The van der Waals surface area contributed by atoms with Crippen LogP contribution in [-0.4, -0.2) is 25.7 Å². The van der Waals surface area contributed by atoms with Gasteiger partial charge >= 0.3 is 0 Å². The Bertz CT molecular complexity index is 825. The van der Waals surface area contributed by atoms with Crippen molar-refractivity contribution >= 4 is 5.91 Å². The molecule has 1 saturated heterocycles. The number of amides is 1. The third-order valence-electron chi connectivity index (χ3n) is 6.31. The summed E-state index contributed by atoms with van der Waals surface area (Å²) in [6.07, 6.45) is 6.86. The number of carbonyl (C=O) groups is 1. The van der Waals surface area contributed by atoms with Gasteiger partial charge in [0.05, 0.1) is 6.42 Å². The highest BCUT2D eigenvalue weighted by Gasteiger charge is 2.34. The van der Waals surface area contributed by atoms with Crippen LogP contribution >= 0.6 is 0 Å². The summed E-state index contributed by atoms with van der Waals surface area (Å²) in [4.78, 5) is 12.6. The fourth-order valence-electron chi connectivity index (χ4n) is 4.55. The highest BCUT2D eigenvalue weighted by atomic mass is 19.1. The standard InChI is InChI=1S/C24H28FNO2/c25-22-9-7-21(8-10-22)24(11-13-28-14-12-24)17-26-23(27)16-18-5-6-19-3-1-2-4-20(19)15-18/h5-10,15H,1-4,11-14,16-17H2,(H,26,27). The summed E-state index contributed by atoms with van der Waals surface area (Å²) in [5.74, 6) is -0.189. The van der Waals surface area contributed by atoms with Crippen molar-refractivity contribution in [2.75, 3.05) is 19.8 Å². The molecule has 0 spiro atoms. The Hall–Kier alpha value is -2.20. The Morgan fingerprint density at radius 2 is 1.71 bits per heavy atom. The van der Waals surface area contributed by atoms with Gasteiger partial charge in [-0.15, -0.1) is 0 Å². The molecule has 1 heterocycles. The average molecular weight is 381 g/mol. The molecule has 1 N–H and O–H groups in total. The van der Waals surface area contributed by atoms with E-state index < -0.39 is 0 Å². The monoisotopic (exact) mass is 381 g/mol. The van der Waals surface area contributed by atoms with E-state index in [0.717, 1.165) is 36.8 Å². The van der Waals surface area contributed by atoms with Crippen molar-refractivity contribution in [1.29, 1.82) is 0 Å². The van der Waals surface area contributed by atoms with E-state index in [0.29, 0.717) is 26.2 Å². The Kier molecular flexibility index (Phi) is 5.77. The predicted octanol–water partition coefficient (Wildman–Crippen LogP) is 4.11. The van der Waals surface area contributed by atoms with Gasteiger partial charge in [0.2, 0.25) is 5.91 Å². The van der Waals surface area contributed by atoms with E-state index >= 15 is 0 Å². The van der Waals surface area contributed by atoms with Gasteiger partial charge in [-0.2, -0.15) is 0 Å². The predicted molar refractivity (Wildman–Crippen MR) is 108 cm³/mol. The molecule has 4 heteroatoms. The van der Waals surface area contributed by atoms with Crippen molar-refractivity contribution in [3.63, 3.8) is 0 Å². The van der Waals surface area contributed by atoms with E-state index in [1.807, 2.05) is 12.1 Å². The Labute approximate surface area is 166 Å². The van der Waals surface area contributed by atoms with Gasteiger partial charge in [0.25, 0.3) is 0 Å². The largest absolute Gasteiger partial charge is 0.381 e. The fraction of sp³-hybridized carbons (Fsp3) is 0.458. The minimum Gasteiger partial charge on any atom is -0.381 e. The third kappa shape index (κ3) is 4.27. The Morgan fingerprint density at radius 1 is 1.00 bits per heavy atom. The molecule has 0 atom stereocenters. The van der Waals surface area contributed by atoms with Crippen LogP contribution < -0.4 is 5.32 Å². The molecule has 0 bridgehead atoms. The van der Waals surface area contributed by atoms with Crippen LogP contribution in [0.25, 0.3) is 0 Å². The summed E-state index contributed by atoms with van der Waals surface area (Å²) in [6, 6.07) is 13.2. The number of hydrogen-bond acceptors (Lipinski definition) is 2. The maximum Gasteiger partial charge on any atom is 0.224 e. The molecule has 4 rings (SSSR count). The van der Waals surface area contributed by atoms with Gasteiger partial charge < -0.3 is 10.1 Å². The number of nitrogens with one attached hydrogen (secondary N) is 1. The lowest BCUT2D eigenvalue weighted by Gasteiger charge is -2.38. The van der Waals surface area contributed by atoms with E-state index in [1.54, 1.807) is 0 Å². The van der Waals surface area contributed by atoms with Crippen molar-refractivity contribution in [3.05, 3.63) is 70.5 Å². The molecule has 0 unspecified atom stereocenters. The van der Waals surface area contributed by atoms with Gasteiger partial charge in [-0.05, 0) is 72.9 Å². The maximum atomic E-state index is 13.4. The van der Waals surface area contributed by atoms with E-state index in [2.05, 4.69) is 23.5 Å². The van der Waals surface area contributed by atoms with Crippen molar-refractivity contribution in [2.24, 2.45) is 0 Å². The first kappa shape index (κ1) is 19.1. The summed E-state index contributed by atoms with van der Waals surface area (Å²) in [5, 5.41) is 3.15. The molecule has 2 aromatic rings. The number of benzene rings is 2. The topological polar surface area (TPSA) is 38.3 Å². The number of ether oxygens (including phenoxy) is 1. The number of aryl methyl sites for hydroxylation is 2. The van der Waals surface area contributed by atoms with Crippen LogP contribution in [0.15, 0.2) is 42.5 Å². The van der Waals surface area contributed by atoms with Gasteiger partial charge in [0, 0.05) is 25.2 Å². The van der Waals surface area contributed by atoms with Gasteiger partial charge in [-0.3, -0.25) is 4.79 Å². The summed E-state index contributed by atoms with van der Waals surface area (Å²) in [7, 11) is 0. The van der Waals surface area contributed by atoms with Crippen molar-refractivity contribution in [1.82, 2.24) is 5.32 Å². The second-order valence-electron chi connectivity index (χ2n) is 8.16. The van der Waals surface area contributed by atoms with Crippen LogP contribution in [0, 0.1) is 5.82 Å². The van der Waals surface area contributed by atoms with E-state index in [4.69, 9.17) is 4.74 Å². The van der Waals surface area contributed by atoms with Crippen LogP contribution in [0.4, 0.5) is 4.39 Å². The summed E-state index contributed by atoms with van der Waals surface area (Å²) in [5.41, 5.74) is 4.82. The molecular weight excluding hydrogens is 353 g/mol. The SMILES string of the molecule is O=C(Cc1ccc2c(c1)CCCC2)NCC1(c2ccc(F)cc2)CCOCC1. The third-order valence-corrected chi connectivity index (χ3v) is 6.31.